The van der Waals surface area contributed by atoms with Crippen LogP contribution in [0, 0.1) is 6.92 Å². The summed E-state index contributed by atoms with van der Waals surface area (Å²) in [7, 11) is 2.96. The second kappa shape index (κ2) is 8.19. The van der Waals surface area contributed by atoms with E-state index in [0.29, 0.717) is 17.2 Å². The third-order valence-electron chi connectivity index (χ3n) is 3.57. The van der Waals surface area contributed by atoms with Gasteiger partial charge in [0.15, 0.2) is 6.10 Å². The zero-order valence-corrected chi connectivity index (χ0v) is 14.7. The minimum Gasteiger partial charge on any atom is -0.497 e. The molecule has 25 heavy (non-hydrogen) atoms. The van der Waals surface area contributed by atoms with Crippen LogP contribution < -0.4 is 14.8 Å². The summed E-state index contributed by atoms with van der Waals surface area (Å²) < 4.78 is 15.5. The third kappa shape index (κ3) is 4.73. The highest BCUT2D eigenvalue weighted by Crippen LogP contribution is 2.25. The highest BCUT2D eigenvalue weighted by molar-refractivity contribution is 5.98. The maximum Gasteiger partial charge on any atom is 0.342 e. The van der Waals surface area contributed by atoms with E-state index in [9.17, 15) is 9.59 Å². The Bertz CT molecular complexity index is 772. The van der Waals surface area contributed by atoms with Crippen LogP contribution >= 0.6 is 0 Å². The molecule has 0 saturated heterocycles. The largest absolute Gasteiger partial charge is 0.497 e. The van der Waals surface area contributed by atoms with Crippen molar-refractivity contribution in [2.24, 2.45) is 0 Å². The van der Waals surface area contributed by atoms with Crippen LogP contribution in [0.4, 0.5) is 5.69 Å². The summed E-state index contributed by atoms with van der Waals surface area (Å²) in [6.07, 6.45) is -0.958. The molecule has 1 amide bonds. The summed E-state index contributed by atoms with van der Waals surface area (Å²) in [5.74, 6) is -0.188. The van der Waals surface area contributed by atoms with Gasteiger partial charge in [0.1, 0.15) is 17.1 Å². The number of hydrogen-bond donors (Lipinski definition) is 1. The van der Waals surface area contributed by atoms with Crippen molar-refractivity contribution in [1.82, 2.24) is 0 Å². The second-order valence-corrected chi connectivity index (χ2v) is 5.47. The monoisotopic (exact) mass is 343 g/mol. The molecule has 0 saturated carbocycles. The average Bonchev–Trinajstić information content (AvgIpc) is 2.60. The molecule has 0 bridgehead atoms. The van der Waals surface area contributed by atoms with Crippen molar-refractivity contribution in [3.8, 4) is 11.5 Å². The first-order chi connectivity index (χ1) is 11.9. The van der Waals surface area contributed by atoms with Crippen molar-refractivity contribution < 1.29 is 23.8 Å². The molecule has 0 aliphatic rings. The van der Waals surface area contributed by atoms with Crippen LogP contribution in [0.25, 0.3) is 0 Å². The standard InChI is InChI=1S/C19H21NO5/c1-12-6-5-7-14(10-12)20-18(21)13(2)25-19(22)16-9-8-15(23-3)11-17(16)24-4/h5-11,13H,1-4H3,(H,20,21)/t13-/m0/s1. The van der Waals surface area contributed by atoms with Crippen molar-refractivity contribution >= 4 is 17.6 Å². The number of hydrogen-bond acceptors (Lipinski definition) is 5. The van der Waals surface area contributed by atoms with Crippen LogP contribution in [0.5, 0.6) is 11.5 Å². The summed E-state index contributed by atoms with van der Waals surface area (Å²) in [5.41, 5.74) is 1.89. The first-order valence-corrected chi connectivity index (χ1v) is 7.75. The van der Waals surface area contributed by atoms with Crippen LogP contribution in [0.3, 0.4) is 0 Å². The SMILES string of the molecule is COc1ccc(C(=O)O[C@@H](C)C(=O)Nc2cccc(C)c2)c(OC)c1. The second-order valence-electron chi connectivity index (χ2n) is 5.47. The van der Waals surface area contributed by atoms with Gasteiger partial charge in [-0.15, -0.1) is 0 Å². The highest BCUT2D eigenvalue weighted by Gasteiger charge is 2.22. The molecule has 2 aromatic carbocycles. The van der Waals surface area contributed by atoms with Crippen LogP contribution in [0.2, 0.25) is 0 Å². The number of aryl methyl sites for hydroxylation is 1. The molecule has 0 aliphatic carbocycles. The molecule has 1 atom stereocenters. The number of ether oxygens (including phenoxy) is 3. The lowest BCUT2D eigenvalue weighted by Crippen LogP contribution is -2.30. The Kier molecular flexibility index (Phi) is 6.00. The van der Waals surface area contributed by atoms with E-state index >= 15 is 0 Å². The van der Waals surface area contributed by atoms with Gasteiger partial charge in [0.2, 0.25) is 0 Å². The van der Waals surface area contributed by atoms with Gasteiger partial charge in [0, 0.05) is 11.8 Å². The number of carbonyl (C=O) groups excluding carboxylic acids is 2. The predicted molar refractivity (Wildman–Crippen MR) is 94.2 cm³/mol. The normalized spacial score (nSPS) is 11.4. The number of nitrogens with one attached hydrogen (secondary N) is 1. The molecule has 0 fully saturated rings. The Balaban J connectivity index is 2.05. The van der Waals surface area contributed by atoms with Gasteiger partial charge < -0.3 is 19.5 Å². The Hall–Kier alpha value is -3.02. The lowest BCUT2D eigenvalue weighted by molar-refractivity contribution is -0.123. The Morgan fingerprint density at radius 1 is 1.04 bits per heavy atom. The summed E-state index contributed by atoms with van der Waals surface area (Å²) >= 11 is 0. The molecule has 2 rings (SSSR count). The van der Waals surface area contributed by atoms with Crippen molar-refractivity contribution in [2.45, 2.75) is 20.0 Å². The van der Waals surface area contributed by atoms with E-state index in [1.54, 1.807) is 18.2 Å². The van der Waals surface area contributed by atoms with E-state index in [0.717, 1.165) is 5.56 Å². The van der Waals surface area contributed by atoms with Crippen LogP contribution in [-0.4, -0.2) is 32.2 Å². The predicted octanol–water partition coefficient (Wildman–Crippen LogP) is 3.20. The molecule has 2 aromatic rings. The van der Waals surface area contributed by atoms with Crippen LogP contribution in [-0.2, 0) is 9.53 Å². The number of amides is 1. The van der Waals surface area contributed by atoms with Crippen molar-refractivity contribution in [3.05, 3.63) is 53.6 Å². The van der Waals surface area contributed by atoms with Gasteiger partial charge in [-0.25, -0.2) is 4.79 Å². The number of anilines is 1. The van der Waals surface area contributed by atoms with E-state index < -0.39 is 18.0 Å². The summed E-state index contributed by atoms with van der Waals surface area (Å²) in [4.78, 5) is 24.5. The van der Waals surface area contributed by atoms with Gasteiger partial charge in [-0.1, -0.05) is 12.1 Å². The topological polar surface area (TPSA) is 73.9 Å². The van der Waals surface area contributed by atoms with Crippen molar-refractivity contribution in [1.29, 1.82) is 0 Å². The Morgan fingerprint density at radius 2 is 1.80 bits per heavy atom. The summed E-state index contributed by atoms with van der Waals surface area (Å²) in [5, 5.41) is 2.72. The van der Waals surface area contributed by atoms with E-state index in [4.69, 9.17) is 14.2 Å². The van der Waals surface area contributed by atoms with E-state index in [2.05, 4.69) is 5.32 Å². The van der Waals surface area contributed by atoms with Crippen LogP contribution in [0.15, 0.2) is 42.5 Å². The molecule has 0 radical (unpaired) electrons. The molecular weight excluding hydrogens is 322 g/mol. The van der Waals surface area contributed by atoms with Gasteiger partial charge >= 0.3 is 5.97 Å². The fourth-order valence-corrected chi connectivity index (χ4v) is 2.21. The Labute approximate surface area is 146 Å². The highest BCUT2D eigenvalue weighted by atomic mass is 16.5. The smallest absolute Gasteiger partial charge is 0.342 e. The minimum atomic E-state index is -0.958. The first-order valence-electron chi connectivity index (χ1n) is 7.75. The van der Waals surface area contributed by atoms with Crippen molar-refractivity contribution in [2.75, 3.05) is 19.5 Å². The molecule has 132 valence electrons. The van der Waals surface area contributed by atoms with Crippen molar-refractivity contribution in [3.63, 3.8) is 0 Å². The average molecular weight is 343 g/mol. The zero-order chi connectivity index (χ0) is 18.4. The maximum absolute atomic E-state index is 12.3. The number of carbonyl (C=O) groups is 2. The number of methoxy groups -OCH3 is 2. The minimum absolute atomic E-state index is 0.221. The quantitative estimate of drug-likeness (QED) is 0.816. The Morgan fingerprint density at radius 3 is 2.44 bits per heavy atom. The molecule has 0 aliphatic heterocycles. The van der Waals surface area contributed by atoms with Gasteiger partial charge in [0.25, 0.3) is 5.91 Å². The van der Waals surface area contributed by atoms with E-state index in [-0.39, 0.29) is 5.56 Å². The number of rotatable bonds is 6. The lowest BCUT2D eigenvalue weighted by Gasteiger charge is -2.15. The molecule has 0 spiro atoms. The van der Waals surface area contributed by atoms with Gasteiger partial charge in [-0.2, -0.15) is 0 Å². The number of esters is 1. The van der Waals surface area contributed by atoms with Gasteiger partial charge in [-0.05, 0) is 43.7 Å². The fourth-order valence-electron chi connectivity index (χ4n) is 2.21. The molecule has 0 unspecified atom stereocenters. The lowest BCUT2D eigenvalue weighted by atomic mass is 10.2. The van der Waals surface area contributed by atoms with E-state index in [1.807, 2.05) is 25.1 Å². The molecule has 0 heterocycles. The van der Waals surface area contributed by atoms with Crippen LogP contribution in [0.1, 0.15) is 22.8 Å². The summed E-state index contributed by atoms with van der Waals surface area (Å²) in [6.45, 7) is 3.44. The first kappa shape index (κ1) is 18.3. The van der Waals surface area contributed by atoms with Gasteiger partial charge in [-0.3, -0.25) is 4.79 Å². The molecule has 0 aromatic heterocycles. The molecule has 1 N–H and O–H groups in total. The molecular formula is C19H21NO5. The third-order valence-corrected chi connectivity index (χ3v) is 3.57. The molecule has 6 heteroatoms. The maximum atomic E-state index is 12.3. The zero-order valence-electron chi connectivity index (χ0n) is 14.7. The number of benzene rings is 2. The summed E-state index contributed by atoms with van der Waals surface area (Å²) in [6, 6.07) is 12.1. The van der Waals surface area contributed by atoms with Gasteiger partial charge in [0.05, 0.1) is 14.2 Å². The van der Waals surface area contributed by atoms with E-state index in [1.165, 1.54) is 27.2 Å². The fraction of sp³-hybridized carbons (Fsp3) is 0.263. The molecule has 6 nitrogen and oxygen atoms in total.